The molecule has 0 fully saturated rings. The van der Waals surface area contributed by atoms with Gasteiger partial charge in [0.25, 0.3) is 5.91 Å². The largest absolute Gasteiger partial charge is 0.495 e. The van der Waals surface area contributed by atoms with Crippen LogP contribution in [0.3, 0.4) is 0 Å². The molecule has 1 N–H and O–H groups in total. The monoisotopic (exact) mass is 373 g/mol. The molecule has 2 aromatic rings. The third-order valence-electron chi connectivity index (χ3n) is 3.66. The van der Waals surface area contributed by atoms with Crippen LogP contribution < -0.4 is 14.8 Å². The fourth-order valence-corrected chi connectivity index (χ4v) is 2.60. The number of esters is 1. The van der Waals surface area contributed by atoms with Crippen LogP contribution in [0, 0.1) is 0 Å². The molecule has 1 aliphatic heterocycles. The van der Waals surface area contributed by atoms with Crippen LogP contribution in [0.2, 0.25) is 5.02 Å². The molecule has 0 radical (unpaired) electrons. The maximum absolute atomic E-state index is 12.2. The number of para-hydroxylation sites is 2. The molecule has 7 heteroatoms. The molecular formula is C19H16ClNO5. The van der Waals surface area contributed by atoms with Crippen LogP contribution in [0.1, 0.15) is 5.56 Å². The normalized spacial score (nSPS) is 12.3. The first-order valence-electron chi connectivity index (χ1n) is 7.80. The summed E-state index contributed by atoms with van der Waals surface area (Å²) < 4.78 is 15.7. The van der Waals surface area contributed by atoms with Crippen LogP contribution in [-0.4, -0.2) is 32.2 Å². The molecule has 0 aromatic heterocycles. The number of fused-ring (bicyclic) bond motifs is 1. The van der Waals surface area contributed by atoms with E-state index >= 15 is 0 Å². The summed E-state index contributed by atoms with van der Waals surface area (Å²) in [7, 11) is 1.50. The van der Waals surface area contributed by atoms with Crippen molar-refractivity contribution in [1.82, 2.24) is 0 Å². The maximum Gasteiger partial charge on any atom is 0.338 e. The Morgan fingerprint density at radius 2 is 2.04 bits per heavy atom. The summed E-state index contributed by atoms with van der Waals surface area (Å²) in [4.78, 5) is 24.2. The van der Waals surface area contributed by atoms with Gasteiger partial charge in [-0.3, -0.25) is 4.79 Å². The highest BCUT2D eigenvalue weighted by Crippen LogP contribution is 2.29. The summed E-state index contributed by atoms with van der Waals surface area (Å²) >= 11 is 5.94. The predicted molar refractivity (Wildman–Crippen MR) is 97.5 cm³/mol. The van der Waals surface area contributed by atoms with E-state index < -0.39 is 18.5 Å². The summed E-state index contributed by atoms with van der Waals surface area (Å²) in [5, 5.41) is 3.17. The number of hydrogen-bond acceptors (Lipinski definition) is 5. The molecular weight excluding hydrogens is 358 g/mol. The molecule has 1 aliphatic rings. The lowest BCUT2D eigenvalue weighted by atomic mass is 10.1. The summed E-state index contributed by atoms with van der Waals surface area (Å²) in [5.74, 6) is 0.0679. The van der Waals surface area contributed by atoms with Crippen molar-refractivity contribution in [3.63, 3.8) is 0 Å². The van der Waals surface area contributed by atoms with Gasteiger partial charge in [-0.15, -0.1) is 0 Å². The molecule has 0 aliphatic carbocycles. The fraction of sp³-hybridized carbons (Fsp3) is 0.158. The van der Waals surface area contributed by atoms with Crippen molar-refractivity contribution in [3.05, 3.63) is 58.6 Å². The lowest BCUT2D eigenvalue weighted by Gasteiger charge is -2.17. The Hall–Kier alpha value is -2.99. The number of methoxy groups -OCH3 is 1. The average molecular weight is 374 g/mol. The fourth-order valence-electron chi connectivity index (χ4n) is 2.42. The molecule has 0 atom stereocenters. The smallest absolute Gasteiger partial charge is 0.338 e. The maximum atomic E-state index is 12.2. The van der Waals surface area contributed by atoms with Gasteiger partial charge < -0.3 is 19.5 Å². The van der Waals surface area contributed by atoms with Crippen LogP contribution in [0.4, 0.5) is 5.69 Å². The van der Waals surface area contributed by atoms with E-state index in [4.69, 9.17) is 25.8 Å². The van der Waals surface area contributed by atoms with E-state index in [0.717, 1.165) is 0 Å². The average Bonchev–Trinajstić information content (AvgIpc) is 2.66. The number of rotatable bonds is 5. The van der Waals surface area contributed by atoms with Gasteiger partial charge in [0.15, 0.2) is 6.61 Å². The number of halogens is 1. The van der Waals surface area contributed by atoms with Crippen LogP contribution in [-0.2, 0) is 14.3 Å². The SMILES string of the molecule is COc1ccccc1NC(=O)COC(=O)C1=Cc2cc(Cl)ccc2OC1. The van der Waals surface area contributed by atoms with Crippen LogP contribution >= 0.6 is 11.6 Å². The Morgan fingerprint density at radius 1 is 1.23 bits per heavy atom. The molecule has 0 saturated carbocycles. The second-order valence-electron chi connectivity index (χ2n) is 5.46. The number of carbonyl (C=O) groups is 2. The second-order valence-corrected chi connectivity index (χ2v) is 5.90. The minimum Gasteiger partial charge on any atom is -0.495 e. The topological polar surface area (TPSA) is 73.9 Å². The van der Waals surface area contributed by atoms with E-state index in [9.17, 15) is 9.59 Å². The van der Waals surface area contributed by atoms with Crippen molar-refractivity contribution in [2.45, 2.75) is 0 Å². The Bertz CT molecular complexity index is 878. The third-order valence-corrected chi connectivity index (χ3v) is 3.90. The van der Waals surface area contributed by atoms with Gasteiger partial charge in [-0.05, 0) is 36.4 Å². The molecule has 0 spiro atoms. The molecule has 2 aromatic carbocycles. The number of benzene rings is 2. The molecule has 1 heterocycles. The van der Waals surface area contributed by atoms with Crippen LogP contribution in [0.5, 0.6) is 11.5 Å². The van der Waals surface area contributed by atoms with Crippen molar-refractivity contribution in [3.8, 4) is 11.5 Å². The molecule has 26 heavy (non-hydrogen) atoms. The first-order valence-corrected chi connectivity index (χ1v) is 8.17. The van der Waals surface area contributed by atoms with Gasteiger partial charge in [-0.2, -0.15) is 0 Å². The van der Waals surface area contributed by atoms with Gasteiger partial charge in [-0.1, -0.05) is 23.7 Å². The molecule has 3 rings (SSSR count). The molecule has 0 unspecified atom stereocenters. The molecule has 134 valence electrons. The summed E-state index contributed by atoms with van der Waals surface area (Å²) in [6.07, 6.45) is 1.64. The first-order chi connectivity index (χ1) is 12.6. The van der Waals surface area contributed by atoms with Gasteiger partial charge in [-0.25, -0.2) is 4.79 Å². The van der Waals surface area contributed by atoms with E-state index in [1.54, 1.807) is 48.5 Å². The standard InChI is InChI=1S/C19H16ClNO5/c1-24-17-5-3-2-4-15(17)21-18(22)11-26-19(23)13-8-12-9-14(20)6-7-16(12)25-10-13/h2-9H,10-11H2,1H3,(H,21,22). The molecule has 0 saturated heterocycles. The van der Waals surface area contributed by atoms with Crippen LogP contribution in [0.25, 0.3) is 6.08 Å². The van der Waals surface area contributed by atoms with Gasteiger partial charge in [0.05, 0.1) is 18.4 Å². The number of nitrogens with one attached hydrogen (secondary N) is 1. The lowest BCUT2D eigenvalue weighted by molar-refractivity contribution is -0.143. The Kier molecular flexibility index (Phi) is 5.43. The minimum absolute atomic E-state index is 0.0710. The highest BCUT2D eigenvalue weighted by Gasteiger charge is 2.20. The Labute approximate surface area is 155 Å². The summed E-state index contributed by atoms with van der Waals surface area (Å²) in [5.41, 5.74) is 1.50. The minimum atomic E-state index is -0.620. The van der Waals surface area contributed by atoms with Gasteiger partial charge in [0.1, 0.15) is 18.1 Å². The summed E-state index contributed by atoms with van der Waals surface area (Å²) in [6.45, 7) is -0.349. The van der Waals surface area contributed by atoms with E-state index in [1.807, 2.05) is 0 Å². The number of carbonyl (C=O) groups excluding carboxylic acids is 2. The third kappa shape index (κ3) is 4.15. The highest BCUT2D eigenvalue weighted by molar-refractivity contribution is 6.30. The van der Waals surface area contributed by atoms with Gasteiger partial charge in [0.2, 0.25) is 0 Å². The predicted octanol–water partition coefficient (Wildman–Crippen LogP) is 3.31. The van der Waals surface area contributed by atoms with Crippen LogP contribution in [0.15, 0.2) is 48.0 Å². The number of amides is 1. The zero-order valence-corrected chi connectivity index (χ0v) is 14.7. The van der Waals surface area contributed by atoms with Crippen molar-refractivity contribution in [1.29, 1.82) is 0 Å². The highest BCUT2D eigenvalue weighted by atomic mass is 35.5. The van der Waals surface area contributed by atoms with Crippen molar-refractivity contribution in [2.24, 2.45) is 0 Å². The van der Waals surface area contributed by atoms with E-state index in [0.29, 0.717) is 33.3 Å². The molecule has 0 bridgehead atoms. The number of anilines is 1. The Balaban J connectivity index is 1.59. The zero-order valence-electron chi connectivity index (χ0n) is 14.0. The van der Waals surface area contributed by atoms with Gasteiger partial charge >= 0.3 is 5.97 Å². The van der Waals surface area contributed by atoms with E-state index in [2.05, 4.69) is 5.32 Å². The summed E-state index contributed by atoms with van der Waals surface area (Å²) in [6, 6.07) is 12.1. The zero-order chi connectivity index (χ0) is 18.5. The van der Waals surface area contributed by atoms with E-state index in [1.165, 1.54) is 7.11 Å². The first kappa shape index (κ1) is 17.8. The van der Waals surface area contributed by atoms with Crippen molar-refractivity contribution in [2.75, 3.05) is 25.6 Å². The number of ether oxygens (including phenoxy) is 3. The quantitative estimate of drug-likeness (QED) is 0.814. The van der Waals surface area contributed by atoms with E-state index in [-0.39, 0.29) is 6.61 Å². The number of hydrogen-bond donors (Lipinski definition) is 1. The molecule has 1 amide bonds. The molecule has 6 nitrogen and oxygen atoms in total. The lowest BCUT2D eigenvalue weighted by Crippen LogP contribution is -2.24. The Morgan fingerprint density at radius 3 is 2.85 bits per heavy atom. The van der Waals surface area contributed by atoms with Gasteiger partial charge in [0, 0.05) is 10.6 Å². The van der Waals surface area contributed by atoms with Crippen molar-refractivity contribution < 1.29 is 23.8 Å². The second kappa shape index (κ2) is 7.93. The van der Waals surface area contributed by atoms with Crippen molar-refractivity contribution >= 4 is 35.2 Å².